The van der Waals surface area contributed by atoms with Crippen molar-refractivity contribution in [2.45, 2.75) is 38.6 Å². The molecular formula is C17H20N2O3. The largest absolute Gasteiger partial charge is 0.454 e. The van der Waals surface area contributed by atoms with Gasteiger partial charge in [-0.1, -0.05) is 19.8 Å². The van der Waals surface area contributed by atoms with Crippen LogP contribution < -0.4 is 14.8 Å². The molecule has 2 atom stereocenters. The average molecular weight is 300 g/mol. The molecule has 0 unspecified atom stereocenters. The molecule has 2 N–H and O–H groups in total. The van der Waals surface area contributed by atoms with Gasteiger partial charge in [0.2, 0.25) is 6.79 Å². The second-order valence-electron chi connectivity index (χ2n) is 6.32. The summed E-state index contributed by atoms with van der Waals surface area (Å²) >= 11 is 0. The summed E-state index contributed by atoms with van der Waals surface area (Å²) in [6.45, 7) is 2.48. The van der Waals surface area contributed by atoms with Crippen LogP contribution in [0.25, 0.3) is 10.9 Å². The number of carbonyl (C=O) groups excluding carboxylic acids is 1. The summed E-state index contributed by atoms with van der Waals surface area (Å²) < 4.78 is 10.7. The molecule has 4 rings (SSSR count). The van der Waals surface area contributed by atoms with Crippen LogP contribution in [0.3, 0.4) is 0 Å². The number of hydrogen-bond donors (Lipinski definition) is 2. The van der Waals surface area contributed by atoms with Crippen molar-refractivity contribution >= 4 is 16.8 Å². The Kier molecular flexibility index (Phi) is 3.21. The van der Waals surface area contributed by atoms with Gasteiger partial charge in [-0.3, -0.25) is 4.79 Å². The van der Waals surface area contributed by atoms with Crippen LogP contribution in [0, 0.1) is 5.92 Å². The monoisotopic (exact) mass is 300 g/mol. The molecule has 1 aromatic carbocycles. The number of hydrogen-bond acceptors (Lipinski definition) is 3. The van der Waals surface area contributed by atoms with E-state index in [1.807, 2.05) is 18.2 Å². The van der Waals surface area contributed by atoms with Gasteiger partial charge in [-0.05, 0) is 30.9 Å². The zero-order valence-corrected chi connectivity index (χ0v) is 12.6. The van der Waals surface area contributed by atoms with Gasteiger partial charge in [-0.15, -0.1) is 0 Å². The molecule has 116 valence electrons. The third-order valence-electron chi connectivity index (χ3n) is 4.79. The Balaban J connectivity index is 1.56. The number of fused-ring (bicyclic) bond motifs is 2. The highest BCUT2D eigenvalue weighted by Gasteiger charge is 2.24. The lowest BCUT2D eigenvalue weighted by Crippen LogP contribution is -2.41. The molecule has 2 aliphatic rings. The van der Waals surface area contributed by atoms with Gasteiger partial charge in [0.05, 0.1) is 0 Å². The Morgan fingerprint density at radius 2 is 1.95 bits per heavy atom. The molecule has 0 saturated heterocycles. The molecule has 1 aliphatic carbocycles. The van der Waals surface area contributed by atoms with E-state index in [-0.39, 0.29) is 18.7 Å². The normalized spacial score (nSPS) is 23.7. The molecule has 22 heavy (non-hydrogen) atoms. The van der Waals surface area contributed by atoms with Crippen LogP contribution in [0.4, 0.5) is 0 Å². The standard InChI is InChI=1S/C17H20N2O3/c1-10-4-2-3-5-12(10)19-17(20)14-6-11-7-15-16(22-9-21-15)8-13(11)18-14/h6-8,10,12,18H,2-5,9H2,1H3,(H,19,20)/t10-,12+/m0/s1. The summed E-state index contributed by atoms with van der Waals surface area (Å²) in [5.74, 6) is 1.98. The molecule has 2 heterocycles. The van der Waals surface area contributed by atoms with Crippen molar-refractivity contribution < 1.29 is 14.3 Å². The van der Waals surface area contributed by atoms with Crippen molar-refractivity contribution in [1.29, 1.82) is 0 Å². The molecule has 1 fully saturated rings. The maximum atomic E-state index is 12.5. The zero-order valence-electron chi connectivity index (χ0n) is 12.6. The lowest BCUT2D eigenvalue weighted by Gasteiger charge is -2.29. The Morgan fingerprint density at radius 3 is 2.77 bits per heavy atom. The first-order valence-electron chi connectivity index (χ1n) is 7.94. The van der Waals surface area contributed by atoms with Gasteiger partial charge in [-0.2, -0.15) is 0 Å². The Labute approximate surface area is 129 Å². The van der Waals surface area contributed by atoms with Crippen LogP contribution in [-0.2, 0) is 0 Å². The van der Waals surface area contributed by atoms with E-state index >= 15 is 0 Å². The van der Waals surface area contributed by atoms with Gasteiger partial charge in [0.1, 0.15) is 5.69 Å². The summed E-state index contributed by atoms with van der Waals surface area (Å²) in [5, 5.41) is 4.13. The summed E-state index contributed by atoms with van der Waals surface area (Å²) in [6.07, 6.45) is 4.73. The summed E-state index contributed by atoms with van der Waals surface area (Å²) in [4.78, 5) is 15.7. The SMILES string of the molecule is C[C@H]1CCCC[C@H]1NC(=O)c1cc2cc3c(cc2[nH]1)OCO3. The maximum absolute atomic E-state index is 12.5. The number of aromatic amines is 1. The predicted octanol–water partition coefficient (Wildman–Crippen LogP) is 3.21. The van der Waals surface area contributed by atoms with Gasteiger partial charge in [0.15, 0.2) is 11.5 Å². The van der Waals surface area contributed by atoms with E-state index < -0.39 is 0 Å². The lowest BCUT2D eigenvalue weighted by molar-refractivity contribution is 0.0906. The van der Waals surface area contributed by atoms with Crippen LogP contribution >= 0.6 is 0 Å². The average Bonchev–Trinajstić information content (AvgIpc) is 3.12. The highest BCUT2D eigenvalue weighted by atomic mass is 16.7. The van der Waals surface area contributed by atoms with Crippen molar-refractivity contribution in [3.63, 3.8) is 0 Å². The summed E-state index contributed by atoms with van der Waals surface area (Å²) in [5.41, 5.74) is 1.49. The van der Waals surface area contributed by atoms with E-state index in [0.29, 0.717) is 11.6 Å². The Morgan fingerprint density at radius 1 is 1.18 bits per heavy atom. The van der Waals surface area contributed by atoms with Crippen LogP contribution in [-0.4, -0.2) is 23.7 Å². The number of ether oxygens (including phenoxy) is 2. The van der Waals surface area contributed by atoms with E-state index in [2.05, 4.69) is 17.2 Å². The highest BCUT2D eigenvalue weighted by molar-refractivity contribution is 5.98. The van der Waals surface area contributed by atoms with Crippen molar-refractivity contribution in [2.75, 3.05) is 6.79 Å². The minimum Gasteiger partial charge on any atom is -0.454 e. The zero-order chi connectivity index (χ0) is 15.1. The van der Waals surface area contributed by atoms with E-state index in [9.17, 15) is 4.79 Å². The van der Waals surface area contributed by atoms with Gasteiger partial charge < -0.3 is 19.8 Å². The van der Waals surface area contributed by atoms with E-state index in [4.69, 9.17) is 9.47 Å². The lowest BCUT2D eigenvalue weighted by atomic mass is 9.86. The quantitative estimate of drug-likeness (QED) is 0.895. The fraction of sp³-hybridized carbons (Fsp3) is 0.471. The minimum atomic E-state index is -0.0306. The Bertz CT molecular complexity index is 681. The predicted molar refractivity (Wildman–Crippen MR) is 83.3 cm³/mol. The third-order valence-corrected chi connectivity index (χ3v) is 4.79. The number of benzene rings is 1. The molecule has 1 saturated carbocycles. The topological polar surface area (TPSA) is 63.4 Å². The molecule has 1 amide bonds. The summed E-state index contributed by atoms with van der Waals surface area (Å²) in [6, 6.07) is 5.95. The molecule has 1 aliphatic heterocycles. The first kappa shape index (κ1) is 13.5. The molecular weight excluding hydrogens is 280 g/mol. The van der Waals surface area contributed by atoms with Crippen LogP contribution in [0.5, 0.6) is 11.5 Å². The number of carbonyl (C=O) groups is 1. The van der Waals surface area contributed by atoms with Crippen LogP contribution in [0.15, 0.2) is 18.2 Å². The van der Waals surface area contributed by atoms with Crippen LogP contribution in [0.1, 0.15) is 43.1 Å². The number of H-pyrrole nitrogens is 1. The van der Waals surface area contributed by atoms with Gasteiger partial charge in [0, 0.05) is 23.0 Å². The molecule has 0 spiro atoms. The second-order valence-corrected chi connectivity index (χ2v) is 6.32. The highest BCUT2D eigenvalue weighted by Crippen LogP contribution is 2.36. The third kappa shape index (κ3) is 2.30. The molecule has 1 aromatic heterocycles. The fourth-order valence-electron chi connectivity index (χ4n) is 3.42. The van der Waals surface area contributed by atoms with E-state index in [1.54, 1.807) is 0 Å². The molecule has 5 nitrogen and oxygen atoms in total. The van der Waals surface area contributed by atoms with Crippen molar-refractivity contribution in [1.82, 2.24) is 10.3 Å². The first-order chi connectivity index (χ1) is 10.7. The smallest absolute Gasteiger partial charge is 0.267 e. The summed E-state index contributed by atoms with van der Waals surface area (Å²) in [7, 11) is 0. The molecule has 5 heteroatoms. The fourth-order valence-corrected chi connectivity index (χ4v) is 3.42. The number of nitrogens with one attached hydrogen (secondary N) is 2. The van der Waals surface area contributed by atoms with E-state index in [0.717, 1.165) is 28.8 Å². The van der Waals surface area contributed by atoms with Gasteiger partial charge in [-0.25, -0.2) is 0 Å². The van der Waals surface area contributed by atoms with Gasteiger partial charge in [0.25, 0.3) is 5.91 Å². The Hall–Kier alpha value is -2.17. The number of rotatable bonds is 2. The second kappa shape index (κ2) is 5.23. The van der Waals surface area contributed by atoms with Crippen LogP contribution in [0.2, 0.25) is 0 Å². The number of amides is 1. The number of aromatic nitrogens is 1. The maximum Gasteiger partial charge on any atom is 0.267 e. The minimum absolute atomic E-state index is 0.0306. The molecule has 0 radical (unpaired) electrons. The van der Waals surface area contributed by atoms with Crippen molar-refractivity contribution in [2.24, 2.45) is 5.92 Å². The van der Waals surface area contributed by atoms with Crippen molar-refractivity contribution in [3.8, 4) is 11.5 Å². The van der Waals surface area contributed by atoms with Gasteiger partial charge >= 0.3 is 0 Å². The van der Waals surface area contributed by atoms with Crippen molar-refractivity contribution in [3.05, 3.63) is 23.9 Å². The first-order valence-corrected chi connectivity index (χ1v) is 7.94. The molecule has 2 aromatic rings. The van der Waals surface area contributed by atoms with E-state index in [1.165, 1.54) is 19.3 Å². The molecule has 0 bridgehead atoms.